The lowest BCUT2D eigenvalue weighted by Gasteiger charge is -2.16. The Kier molecular flexibility index (Phi) is 4.98. The topological polar surface area (TPSA) is 134 Å². The predicted octanol–water partition coefficient (Wildman–Crippen LogP) is 0.436. The maximum atomic E-state index is 10.2. The lowest BCUT2D eigenvalue weighted by atomic mass is 10.1. The SMILES string of the molecule is OC[C@H]1O[C@@H](n2cnc3c(SCc4ccccc4)nc(O)nc32)[C@H](O)[C@@H]1O. The van der Waals surface area contributed by atoms with Crippen LogP contribution in [0.1, 0.15) is 11.8 Å². The fraction of sp³-hybridized carbons (Fsp3) is 0.353. The fourth-order valence-electron chi connectivity index (χ4n) is 3.00. The van der Waals surface area contributed by atoms with E-state index in [1.54, 1.807) is 0 Å². The third-order valence-electron chi connectivity index (χ3n) is 4.39. The van der Waals surface area contributed by atoms with E-state index in [1.807, 2.05) is 30.3 Å². The van der Waals surface area contributed by atoms with Gasteiger partial charge in [-0.25, -0.2) is 4.98 Å². The summed E-state index contributed by atoms with van der Waals surface area (Å²) in [4.78, 5) is 12.4. The summed E-state index contributed by atoms with van der Waals surface area (Å²) in [5.41, 5.74) is 1.82. The Hall–Kier alpha value is -2.24. The normalized spacial score (nSPS) is 25.3. The number of hydrogen-bond acceptors (Lipinski definition) is 9. The Morgan fingerprint density at radius 3 is 2.59 bits per heavy atom. The van der Waals surface area contributed by atoms with E-state index in [4.69, 9.17) is 4.74 Å². The molecule has 142 valence electrons. The summed E-state index contributed by atoms with van der Waals surface area (Å²) in [6.07, 6.45) is -2.99. The molecule has 2 aromatic heterocycles. The van der Waals surface area contributed by atoms with Crippen LogP contribution in [0.25, 0.3) is 11.2 Å². The van der Waals surface area contributed by atoms with Gasteiger partial charge in [-0.05, 0) is 5.56 Å². The molecule has 1 fully saturated rings. The van der Waals surface area contributed by atoms with Gasteiger partial charge in [0.2, 0.25) is 0 Å². The van der Waals surface area contributed by atoms with E-state index >= 15 is 0 Å². The summed E-state index contributed by atoms with van der Waals surface area (Å²) in [6, 6.07) is 9.38. The van der Waals surface area contributed by atoms with E-state index < -0.39 is 37.2 Å². The first-order chi connectivity index (χ1) is 13.1. The van der Waals surface area contributed by atoms with Crippen molar-refractivity contribution < 1.29 is 25.2 Å². The van der Waals surface area contributed by atoms with Crippen molar-refractivity contribution in [2.24, 2.45) is 0 Å². The van der Waals surface area contributed by atoms with Crippen molar-refractivity contribution in [1.82, 2.24) is 19.5 Å². The highest BCUT2D eigenvalue weighted by Gasteiger charge is 2.44. The Balaban J connectivity index is 1.66. The number of aromatic hydroxyl groups is 1. The van der Waals surface area contributed by atoms with Crippen molar-refractivity contribution in [3.63, 3.8) is 0 Å². The summed E-state index contributed by atoms with van der Waals surface area (Å²) in [7, 11) is 0. The Morgan fingerprint density at radius 1 is 1.11 bits per heavy atom. The number of aliphatic hydroxyl groups excluding tert-OH is 3. The van der Waals surface area contributed by atoms with E-state index in [0.717, 1.165) is 5.56 Å². The van der Waals surface area contributed by atoms with Crippen molar-refractivity contribution in [3.8, 4) is 6.01 Å². The molecule has 1 aliphatic rings. The number of benzene rings is 1. The summed E-state index contributed by atoms with van der Waals surface area (Å²) in [5, 5.41) is 39.9. The molecule has 4 atom stereocenters. The van der Waals surface area contributed by atoms with Crippen LogP contribution >= 0.6 is 11.8 Å². The van der Waals surface area contributed by atoms with Gasteiger partial charge in [0.1, 0.15) is 28.9 Å². The molecule has 0 saturated carbocycles. The minimum Gasteiger partial charge on any atom is -0.479 e. The zero-order valence-electron chi connectivity index (χ0n) is 14.1. The molecule has 0 bridgehead atoms. The summed E-state index contributed by atoms with van der Waals surface area (Å²) < 4.78 is 6.94. The van der Waals surface area contributed by atoms with Gasteiger partial charge in [0, 0.05) is 5.75 Å². The fourth-order valence-corrected chi connectivity index (χ4v) is 3.93. The molecule has 1 saturated heterocycles. The van der Waals surface area contributed by atoms with Gasteiger partial charge in [-0.15, -0.1) is 0 Å². The van der Waals surface area contributed by atoms with Crippen LogP contribution in [0.5, 0.6) is 6.01 Å². The first-order valence-corrected chi connectivity index (χ1v) is 9.29. The van der Waals surface area contributed by atoms with Gasteiger partial charge in [0.15, 0.2) is 11.9 Å². The van der Waals surface area contributed by atoms with Crippen LogP contribution in [0, 0.1) is 0 Å². The molecule has 0 aliphatic carbocycles. The first-order valence-electron chi connectivity index (χ1n) is 8.31. The number of aromatic nitrogens is 4. The second-order valence-electron chi connectivity index (χ2n) is 6.16. The zero-order valence-corrected chi connectivity index (χ0v) is 14.9. The number of fused-ring (bicyclic) bond motifs is 1. The highest BCUT2D eigenvalue weighted by atomic mass is 32.2. The molecular weight excluding hydrogens is 372 g/mol. The minimum absolute atomic E-state index is 0.271. The highest BCUT2D eigenvalue weighted by Crippen LogP contribution is 2.34. The van der Waals surface area contributed by atoms with Crippen LogP contribution in [-0.4, -0.2) is 64.9 Å². The summed E-state index contributed by atoms with van der Waals surface area (Å²) in [6.45, 7) is -0.431. The van der Waals surface area contributed by atoms with Crippen LogP contribution in [0.4, 0.5) is 0 Å². The molecule has 27 heavy (non-hydrogen) atoms. The maximum absolute atomic E-state index is 10.2. The molecular formula is C17H18N4O5S. The van der Waals surface area contributed by atoms with Crippen molar-refractivity contribution in [2.75, 3.05) is 6.61 Å². The minimum atomic E-state index is -1.27. The standard InChI is InChI=1S/C17H18N4O5S/c22-6-10-12(23)13(24)16(26-10)21-8-18-11-14(21)19-17(25)20-15(11)27-7-9-4-2-1-3-5-9/h1-5,8,10,12-13,16,22-24H,6-7H2,(H,19,20,25)/t10-,12-,13-,16-/m1/s1. The van der Waals surface area contributed by atoms with Gasteiger partial charge >= 0.3 is 6.01 Å². The number of rotatable bonds is 5. The van der Waals surface area contributed by atoms with Gasteiger partial charge < -0.3 is 25.2 Å². The summed E-state index contributed by atoms with van der Waals surface area (Å²) >= 11 is 1.40. The number of nitrogens with zero attached hydrogens (tertiary/aromatic N) is 4. The second kappa shape index (κ2) is 7.41. The van der Waals surface area contributed by atoms with Crippen LogP contribution in [0.3, 0.4) is 0 Å². The number of imidazole rings is 1. The van der Waals surface area contributed by atoms with Crippen molar-refractivity contribution >= 4 is 22.9 Å². The maximum Gasteiger partial charge on any atom is 0.317 e. The highest BCUT2D eigenvalue weighted by molar-refractivity contribution is 7.98. The molecule has 0 radical (unpaired) electrons. The Bertz CT molecular complexity index is 938. The van der Waals surface area contributed by atoms with E-state index in [1.165, 1.54) is 22.7 Å². The quantitative estimate of drug-likeness (QED) is 0.361. The Labute approximate surface area is 158 Å². The molecule has 10 heteroatoms. The molecule has 0 spiro atoms. The van der Waals surface area contributed by atoms with E-state index in [-0.39, 0.29) is 5.65 Å². The van der Waals surface area contributed by atoms with E-state index in [0.29, 0.717) is 16.3 Å². The van der Waals surface area contributed by atoms with Crippen LogP contribution in [-0.2, 0) is 10.5 Å². The molecule has 3 heterocycles. The van der Waals surface area contributed by atoms with Gasteiger partial charge in [0.05, 0.1) is 12.9 Å². The molecule has 4 rings (SSSR count). The van der Waals surface area contributed by atoms with E-state index in [9.17, 15) is 20.4 Å². The van der Waals surface area contributed by atoms with Crippen LogP contribution in [0.2, 0.25) is 0 Å². The third kappa shape index (κ3) is 3.37. The van der Waals surface area contributed by atoms with Gasteiger partial charge in [-0.3, -0.25) is 4.57 Å². The number of aliphatic hydroxyl groups is 3. The first kappa shape index (κ1) is 18.1. The average molecular weight is 390 g/mol. The lowest BCUT2D eigenvalue weighted by Crippen LogP contribution is -2.33. The van der Waals surface area contributed by atoms with Gasteiger partial charge in [0.25, 0.3) is 0 Å². The lowest BCUT2D eigenvalue weighted by molar-refractivity contribution is -0.0511. The number of thioether (sulfide) groups is 1. The molecule has 0 unspecified atom stereocenters. The smallest absolute Gasteiger partial charge is 0.317 e. The predicted molar refractivity (Wildman–Crippen MR) is 96.0 cm³/mol. The summed E-state index contributed by atoms with van der Waals surface area (Å²) in [5.74, 6) is 0.632. The molecule has 1 aromatic carbocycles. The average Bonchev–Trinajstić information content (AvgIpc) is 3.22. The van der Waals surface area contributed by atoms with E-state index in [2.05, 4.69) is 15.0 Å². The van der Waals surface area contributed by atoms with Crippen LogP contribution < -0.4 is 0 Å². The van der Waals surface area contributed by atoms with Crippen molar-refractivity contribution in [3.05, 3.63) is 42.2 Å². The molecule has 4 N–H and O–H groups in total. The number of ether oxygens (including phenoxy) is 1. The van der Waals surface area contributed by atoms with Crippen LogP contribution in [0.15, 0.2) is 41.7 Å². The second-order valence-corrected chi connectivity index (χ2v) is 7.12. The monoisotopic (exact) mass is 390 g/mol. The molecule has 0 amide bonds. The Morgan fingerprint density at radius 2 is 1.89 bits per heavy atom. The molecule has 1 aliphatic heterocycles. The van der Waals surface area contributed by atoms with Gasteiger partial charge in [-0.1, -0.05) is 42.1 Å². The third-order valence-corrected chi connectivity index (χ3v) is 5.42. The number of hydrogen-bond donors (Lipinski definition) is 4. The van der Waals surface area contributed by atoms with Gasteiger partial charge in [-0.2, -0.15) is 9.97 Å². The van der Waals surface area contributed by atoms with Crippen molar-refractivity contribution in [2.45, 2.75) is 35.3 Å². The van der Waals surface area contributed by atoms with Crippen molar-refractivity contribution in [1.29, 1.82) is 0 Å². The molecule has 3 aromatic rings. The zero-order chi connectivity index (χ0) is 19.0. The largest absolute Gasteiger partial charge is 0.479 e. The molecule has 9 nitrogen and oxygen atoms in total.